The number of allylic oxidation sites excluding steroid dienone is 1. The summed E-state index contributed by atoms with van der Waals surface area (Å²) in [5.74, 6) is 0.246. The van der Waals surface area contributed by atoms with Gasteiger partial charge in [0, 0.05) is 17.3 Å². The van der Waals surface area contributed by atoms with Gasteiger partial charge in [-0.25, -0.2) is 9.79 Å². The summed E-state index contributed by atoms with van der Waals surface area (Å²) in [7, 11) is 3.00. The van der Waals surface area contributed by atoms with E-state index >= 15 is 0 Å². The summed E-state index contributed by atoms with van der Waals surface area (Å²) in [5.41, 5.74) is 2.83. The fraction of sp³-hybridized carbons (Fsp3) is 0.480. The Bertz CT molecular complexity index is 1010. The minimum absolute atomic E-state index is 0.00124. The SMILES string of the molecule is CCC1=C(C(=O)OC)[C@@H](c2ccccc2OC)N2C(CC(=O)NC3CCCCC3)=CSC2=N1. The van der Waals surface area contributed by atoms with Crippen molar-refractivity contribution in [3.8, 4) is 5.75 Å². The molecule has 1 amide bonds. The molecule has 176 valence electrons. The number of carbonyl (C=O) groups excluding carboxylic acids is 2. The van der Waals surface area contributed by atoms with Gasteiger partial charge in [0.1, 0.15) is 5.75 Å². The Morgan fingerprint density at radius 1 is 1.18 bits per heavy atom. The van der Waals surface area contributed by atoms with Crippen LogP contribution in [0, 0.1) is 0 Å². The molecule has 0 unspecified atom stereocenters. The van der Waals surface area contributed by atoms with Gasteiger partial charge in [0.05, 0.1) is 38.0 Å². The number of amides is 1. The fourth-order valence-electron chi connectivity index (χ4n) is 4.79. The number of fused-ring (bicyclic) bond motifs is 1. The lowest BCUT2D eigenvalue weighted by molar-refractivity contribution is -0.136. The van der Waals surface area contributed by atoms with E-state index in [9.17, 15) is 9.59 Å². The van der Waals surface area contributed by atoms with Crippen molar-refractivity contribution in [2.24, 2.45) is 4.99 Å². The van der Waals surface area contributed by atoms with Crippen LogP contribution in [0.3, 0.4) is 0 Å². The highest BCUT2D eigenvalue weighted by atomic mass is 32.2. The van der Waals surface area contributed by atoms with Crippen molar-refractivity contribution in [1.29, 1.82) is 0 Å². The number of methoxy groups -OCH3 is 2. The Morgan fingerprint density at radius 3 is 2.64 bits per heavy atom. The van der Waals surface area contributed by atoms with Crippen LogP contribution in [0.15, 0.2) is 51.6 Å². The molecule has 4 rings (SSSR count). The van der Waals surface area contributed by atoms with E-state index in [0.29, 0.717) is 23.4 Å². The van der Waals surface area contributed by atoms with Crippen molar-refractivity contribution >= 4 is 28.8 Å². The van der Waals surface area contributed by atoms with Gasteiger partial charge in [0.25, 0.3) is 0 Å². The number of esters is 1. The summed E-state index contributed by atoms with van der Waals surface area (Å²) in [6.45, 7) is 1.98. The molecule has 0 saturated heterocycles. The molecule has 33 heavy (non-hydrogen) atoms. The van der Waals surface area contributed by atoms with Crippen LogP contribution in [0.1, 0.15) is 63.5 Å². The number of thioether (sulfide) groups is 1. The number of carbonyl (C=O) groups is 2. The average molecular weight is 470 g/mol. The van der Waals surface area contributed by atoms with Crippen LogP contribution in [0.25, 0.3) is 0 Å². The third kappa shape index (κ3) is 4.81. The largest absolute Gasteiger partial charge is 0.496 e. The predicted octanol–water partition coefficient (Wildman–Crippen LogP) is 4.67. The molecule has 2 heterocycles. The number of amidine groups is 1. The number of benzene rings is 1. The number of hydrogen-bond acceptors (Lipinski definition) is 7. The number of para-hydroxylation sites is 1. The van der Waals surface area contributed by atoms with Crippen LogP contribution in [0.5, 0.6) is 5.75 Å². The van der Waals surface area contributed by atoms with Crippen molar-refractivity contribution in [3.05, 3.63) is 52.2 Å². The summed E-state index contributed by atoms with van der Waals surface area (Å²) in [5, 5.41) is 5.93. The Morgan fingerprint density at radius 2 is 1.94 bits per heavy atom. The van der Waals surface area contributed by atoms with Gasteiger partial charge in [0.15, 0.2) is 5.17 Å². The molecule has 1 atom stereocenters. The average Bonchev–Trinajstić information content (AvgIpc) is 3.24. The Hall–Kier alpha value is -2.74. The quantitative estimate of drug-likeness (QED) is 0.585. The molecular weight excluding hydrogens is 438 g/mol. The van der Waals surface area contributed by atoms with Crippen molar-refractivity contribution in [2.75, 3.05) is 14.2 Å². The molecular formula is C25H31N3O4S. The summed E-state index contributed by atoms with van der Waals surface area (Å²) in [6, 6.07) is 7.41. The maximum absolute atomic E-state index is 13.0. The number of rotatable bonds is 7. The first kappa shape index (κ1) is 23.4. The van der Waals surface area contributed by atoms with Gasteiger partial charge in [0.2, 0.25) is 5.91 Å². The number of nitrogens with one attached hydrogen (secondary N) is 1. The molecule has 1 aliphatic carbocycles. The normalized spacial score (nSPS) is 20.7. The van der Waals surface area contributed by atoms with Gasteiger partial charge >= 0.3 is 5.97 Å². The lowest BCUT2D eigenvalue weighted by Gasteiger charge is -2.37. The lowest BCUT2D eigenvalue weighted by Crippen LogP contribution is -2.40. The molecule has 1 aromatic carbocycles. The van der Waals surface area contributed by atoms with E-state index in [1.807, 2.05) is 41.5 Å². The molecule has 0 radical (unpaired) electrons. The van der Waals surface area contributed by atoms with Gasteiger partial charge in [-0.05, 0) is 30.7 Å². The first-order valence-electron chi connectivity index (χ1n) is 11.5. The summed E-state index contributed by atoms with van der Waals surface area (Å²) >= 11 is 1.48. The van der Waals surface area contributed by atoms with E-state index in [-0.39, 0.29) is 18.4 Å². The highest BCUT2D eigenvalue weighted by molar-refractivity contribution is 8.16. The second-order valence-corrected chi connectivity index (χ2v) is 9.26. The summed E-state index contributed by atoms with van der Waals surface area (Å²) < 4.78 is 10.8. The zero-order valence-corrected chi connectivity index (χ0v) is 20.2. The Kier molecular flexibility index (Phi) is 7.42. The second-order valence-electron chi connectivity index (χ2n) is 8.42. The lowest BCUT2D eigenvalue weighted by atomic mass is 9.92. The summed E-state index contributed by atoms with van der Waals surface area (Å²) in [6.07, 6.45) is 6.45. The molecule has 1 N–H and O–H groups in total. The maximum atomic E-state index is 13.0. The predicted molar refractivity (Wildman–Crippen MR) is 130 cm³/mol. The van der Waals surface area contributed by atoms with Crippen molar-refractivity contribution in [1.82, 2.24) is 10.2 Å². The number of aliphatic imine (C=N–C) groups is 1. The molecule has 0 aromatic heterocycles. The van der Waals surface area contributed by atoms with Crippen LogP contribution in [0.4, 0.5) is 0 Å². The van der Waals surface area contributed by atoms with Crippen LogP contribution >= 0.6 is 11.8 Å². The first-order valence-corrected chi connectivity index (χ1v) is 12.4. The molecule has 2 aliphatic heterocycles. The van der Waals surface area contributed by atoms with Crippen molar-refractivity contribution in [2.45, 2.75) is 64.0 Å². The Labute approximate surface area is 199 Å². The third-order valence-electron chi connectivity index (χ3n) is 6.37. The maximum Gasteiger partial charge on any atom is 0.338 e. The molecule has 1 aromatic rings. The van der Waals surface area contributed by atoms with Gasteiger partial charge in [-0.1, -0.05) is 56.1 Å². The monoisotopic (exact) mass is 469 g/mol. The van der Waals surface area contributed by atoms with E-state index in [2.05, 4.69) is 5.32 Å². The molecule has 0 bridgehead atoms. The van der Waals surface area contributed by atoms with Gasteiger partial charge in [-0.3, -0.25) is 4.79 Å². The molecule has 3 aliphatic rings. The summed E-state index contributed by atoms with van der Waals surface area (Å²) in [4.78, 5) is 32.7. The highest BCUT2D eigenvalue weighted by Gasteiger charge is 2.42. The molecule has 7 nitrogen and oxygen atoms in total. The van der Waals surface area contributed by atoms with Gasteiger partial charge < -0.3 is 19.7 Å². The standard InChI is InChI=1S/C25H31N3O4S/c1-4-19-22(24(30)32-3)23(18-12-8-9-13-20(18)31-2)28-17(15-33-25(28)27-19)14-21(29)26-16-10-6-5-7-11-16/h8-9,12-13,15-16,23H,4-7,10-11,14H2,1-3H3,(H,26,29)/t23-/m1/s1. The highest BCUT2D eigenvalue weighted by Crippen LogP contribution is 2.47. The second kappa shape index (κ2) is 10.5. The van der Waals surface area contributed by atoms with Crippen LogP contribution in [0.2, 0.25) is 0 Å². The minimum atomic E-state index is -0.486. The van der Waals surface area contributed by atoms with E-state index < -0.39 is 12.0 Å². The van der Waals surface area contributed by atoms with Gasteiger partial charge in [-0.2, -0.15) is 0 Å². The smallest absolute Gasteiger partial charge is 0.338 e. The van der Waals surface area contributed by atoms with Crippen LogP contribution in [-0.4, -0.2) is 42.2 Å². The number of ether oxygens (including phenoxy) is 2. The first-order chi connectivity index (χ1) is 16.1. The molecule has 1 fully saturated rings. The topological polar surface area (TPSA) is 80.2 Å². The van der Waals surface area contributed by atoms with E-state index in [1.54, 1.807) is 7.11 Å². The number of nitrogens with zero attached hydrogens (tertiary/aromatic N) is 2. The van der Waals surface area contributed by atoms with E-state index in [1.165, 1.54) is 25.3 Å². The molecule has 0 spiro atoms. The van der Waals surface area contributed by atoms with Crippen LogP contribution < -0.4 is 10.1 Å². The Balaban J connectivity index is 1.69. The molecule has 1 saturated carbocycles. The fourth-order valence-corrected chi connectivity index (χ4v) is 5.73. The third-order valence-corrected chi connectivity index (χ3v) is 7.26. The van der Waals surface area contributed by atoms with Crippen LogP contribution in [-0.2, 0) is 14.3 Å². The van der Waals surface area contributed by atoms with E-state index in [4.69, 9.17) is 14.5 Å². The van der Waals surface area contributed by atoms with Crippen molar-refractivity contribution in [3.63, 3.8) is 0 Å². The zero-order chi connectivity index (χ0) is 23.4. The molecule has 8 heteroatoms. The van der Waals surface area contributed by atoms with Gasteiger partial charge in [-0.15, -0.1) is 0 Å². The minimum Gasteiger partial charge on any atom is -0.496 e. The van der Waals surface area contributed by atoms with E-state index in [0.717, 1.165) is 42.1 Å². The number of hydrogen-bond donors (Lipinski definition) is 1. The zero-order valence-electron chi connectivity index (χ0n) is 19.4. The van der Waals surface area contributed by atoms with Crippen molar-refractivity contribution < 1.29 is 19.1 Å².